The summed E-state index contributed by atoms with van der Waals surface area (Å²) in [6.07, 6.45) is 0. The van der Waals surface area contributed by atoms with Crippen molar-refractivity contribution in [2.75, 3.05) is 12.0 Å². The predicted molar refractivity (Wildman–Crippen MR) is 130 cm³/mol. The number of carboxylic acid groups (broad SMARTS) is 1. The molecule has 9 heteroatoms. The van der Waals surface area contributed by atoms with Crippen molar-refractivity contribution < 1.29 is 19.4 Å². The van der Waals surface area contributed by atoms with Gasteiger partial charge in [-0.15, -0.1) is 11.3 Å². The minimum atomic E-state index is -1.19. The average molecular weight is 499 g/mol. The van der Waals surface area contributed by atoms with E-state index >= 15 is 0 Å². The molecule has 0 aliphatic carbocycles. The Balaban J connectivity index is 1.89. The second kappa shape index (κ2) is 9.62. The number of hydrogen-bond acceptors (Lipinski definition) is 5. The Morgan fingerprint density at radius 3 is 2.42 bits per heavy atom. The largest absolute Gasteiger partial charge is 0.496 e. The lowest BCUT2D eigenvalue weighted by molar-refractivity contribution is 0.0691. The molecule has 0 saturated heterocycles. The summed E-state index contributed by atoms with van der Waals surface area (Å²) in [5, 5.41) is 11.5. The van der Waals surface area contributed by atoms with E-state index < -0.39 is 11.9 Å². The summed E-state index contributed by atoms with van der Waals surface area (Å²) < 4.78 is 5.52. The van der Waals surface area contributed by atoms with Crippen LogP contribution in [-0.4, -0.2) is 29.1 Å². The van der Waals surface area contributed by atoms with Crippen LogP contribution in [0.15, 0.2) is 72.1 Å². The van der Waals surface area contributed by atoms with Crippen LogP contribution in [0.2, 0.25) is 10.0 Å². The van der Waals surface area contributed by atoms with E-state index in [4.69, 9.17) is 27.9 Å². The summed E-state index contributed by atoms with van der Waals surface area (Å²) in [6.45, 7) is 0. The third-order valence-electron chi connectivity index (χ3n) is 4.79. The average Bonchev–Trinajstić information content (AvgIpc) is 3.30. The summed E-state index contributed by atoms with van der Waals surface area (Å²) in [4.78, 5) is 30.5. The molecule has 0 aliphatic rings. The zero-order valence-corrected chi connectivity index (χ0v) is 19.5. The van der Waals surface area contributed by atoms with E-state index in [-0.39, 0.29) is 21.4 Å². The molecular weight excluding hydrogens is 483 g/mol. The predicted octanol–water partition coefficient (Wildman–Crippen LogP) is 6.80. The van der Waals surface area contributed by atoms with E-state index in [1.54, 1.807) is 31.4 Å². The number of carbonyl (C=O) groups is 2. The molecule has 1 N–H and O–H groups in total. The molecule has 4 aromatic rings. The number of halogens is 2. The topological polar surface area (TPSA) is 79.7 Å². The maximum Gasteiger partial charge on any atom is 0.355 e. The van der Waals surface area contributed by atoms with E-state index in [1.165, 1.54) is 22.4 Å². The summed E-state index contributed by atoms with van der Waals surface area (Å²) in [6, 6.07) is 19.4. The van der Waals surface area contributed by atoms with Crippen LogP contribution in [0.25, 0.3) is 11.1 Å². The first-order valence-corrected chi connectivity index (χ1v) is 11.2. The van der Waals surface area contributed by atoms with Gasteiger partial charge in [-0.05, 0) is 42.0 Å². The highest BCUT2D eigenvalue weighted by Crippen LogP contribution is 2.38. The van der Waals surface area contributed by atoms with Gasteiger partial charge in [0, 0.05) is 16.0 Å². The fourth-order valence-electron chi connectivity index (χ4n) is 3.24. The van der Waals surface area contributed by atoms with Gasteiger partial charge in [0.1, 0.15) is 5.75 Å². The van der Waals surface area contributed by atoms with Gasteiger partial charge >= 0.3 is 5.97 Å². The Kier molecular flexibility index (Phi) is 6.65. The van der Waals surface area contributed by atoms with Crippen LogP contribution < -0.4 is 9.64 Å². The molecule has 0 spiro atoms. The molecule has 0 aliphatic heterocycles. The van der Waals surface area contributed by atoms with Crippen molar-refractivity contribution in [1.82, 2.24) is 4.98 Å². The van der Waals surface area contributed by atoms with E-state index in [2.05, 4.69) is 4.98 Å². The third-order valence-corrected chi connectivity index (χ3v) is 6.17. The van der Waals surface area contributed by atoms with Gasteiger partial charge in [-0.3, -0.25) is 9.69 Å². The van der Waals surface area contributed by atoms with Crippen molar-refractivity contribution in [3.8, 4) is 16.9 Å². The standard InChI is InChI=1S/C24H16Cl2N2O4S/c1-32-21-10-8-16(12-18(21)14-5-3-2-4-6-14)28(24-27-20(13-33-24)23(30)31)22(29)17-9-7-15(25)11-19(17)26/h2-13H,1H3,(H,30,31). The van der Waals surface area contributed by atoms with Crippen LogP contribution in [0.4, 0.5) is 10.8 Å². The number of carboxylic acids is 1. The molecule has 0 atom stereocenters. The fraction of sp³-hybridized carbons (Fsp3) is 0.0417. The molecule has 1 heterocycles. The van der Waals surface area contributed by atoms with Gasteiger partial charge in [0.15, 0.2) is 10.8 Å². The summed E-state index contributed by atoms with van der Waals surface area (Å²) in [5.41, 5.74) is 2.15. The molecular formula is C24H16Cl2N2O4S. The minimum Gasteiger partial charge on any atom is -0.496 e. The Labute approximate surface area is 203 Å². The van der Waals surface area contributed by atoms with Crippen LogP contribution in [0.3, 0.4) is 0 Å². The first kappa shape index (κ1) is 22.8. The molecule has 4 rings (SSSR count). The van der Waals surface area contributed by atoms with Gasteiger partial charge in [-0.2, -0.15) is 0 Å². The quantitative estimate of drug-likeness (QED) is 0.316. The highest BCUT2D eigenvalue weighted by Gasteiger charge is 2.26. The number of thiazole rings is 1. The Morgan fingerprint density at radius 1 is 1.03 bits per heavy atom. The normalized spacial score (nSPS) is 10.6. The number of hydrogen-bond donors (Lipinski definition) is 1. The zero-order valence-electron chi connectivity index (χ0n) is 17.2. The number of anilines is 2. The molecule has 0 bridgehead atoms. The van der Waals surface area contributed by atoms with Crippen molar-refractivity contribution in [2.45, 2.75) is 0 Å². The molecule has 0 radical (unpaired) electrons. The summed E-state index contributed by atoms with van der Waals surface area (Å²) in [7, 11) is 1.57. The minimum absolute atomic E-state index is 0.160. The van der Waals surface area contributed by atoms with E-state index in [1.807, 2.05) is 30.3 Å². The van der Waals surface area contributed by atoms with Gasteiger partial charge in [-0.1, -0.05) is 53.5 Å². The number of rotatable bonds is 6. The highest BCUT2D eigenvalue weighted by molar-refractivity contribution is 7.14. The molecule has 0 saturated carbocycles. The number of benzene rings is 3. The smallest absolute Gasteiger partial charge is 0.355 e. The van der Waals surface area contributed by atoms with Crippen molar-refractivity contribution in [2.24, 2.45) is 0 Å². The molecule has 6 nitrogen and oxygen atoms in total. The van der Waals surface area contributed by atoms with Crippen LogP contribution in [-0.2, 0) is 0 Å². The van der Waals surface area contributed by atoms with Crippen LogP contribution >= 0.6 is 34.5 Å². The number of aromatic nitrogens is 1. The van der Waals surface area contributed by atoms with Crippen molar-refractivity contribution in [3.05, 3.63) is 93.4 Å². The lowest BCUT2D eigenvalue weighted by atomic mass is 10.0. The first-order valence-electron chi connectivity index (χ1n) is 9.61. The first-order chi connectivity index (χ1) is 15.9. The zero-order chi connectivity index (χ0) is 23.5. The van der Waals surface area contributed by atoms with Crippen LogP contribution in [0, 0.1) is 0 Å². The SMILES string of the molecule is COc1ccc(N(C(=O)c2ccc(Cl)cc2Cl)c2nc(C(=O)O)cs2)cc1-c1ccccc1. The van der Waals surface area contributed by atoms with Gasteiger partial charge in [0.05, 0.1) is 23.4 Å². The molecule has 1 aromatic heterocycles. The molecule has 33 heavy (non-hydrogen) atoms. The Morgan fingerprint density at radius 2 is 1.79 bits per heavy atom. The Hall–Kier alpha value is -3.39. The summed E-state index contributed by atoms with van der Waals surface area (Å²) >= 11 is 13.3. The van der Waals surface area contributed by atoms with Crippen molar-refractivity contribution in [1.29, 1.82) is 0 Å². The van der Waals surface area contributed by atoms with Gasteiger partial charge in [0.25, 0.3) is 5.91 Å². The summed E-state index contributed by atoms with van der Waals surface area (Å²) in [5.74, 6) is -1.05. The third kappa shape index (κ3) is 4.71. The molecule has 0 unspecified atom stereocenters. The molecule has 1 amide bonds. The monoisotopic (exact) mass is 498 g/mol. The van der Waals surface area contributed by atoms with E-state index in [0.29, 0.717) is 16.5 Å². The fourth-order valence-corrected chi connectivity index (χ4v) is 4.55. The molecule has 0 fully saturated rings. The van der Waals surface area contributed by atoms with Crippen molar-refractivity contribution >= 4 is 57.2 Å². The maximum atomic E-state index is 13.6. The molecule has 166 valence electrons. The van der Waals surface area contributed by atoms with Gasteiger partial charge in [0.2, 0.25) is 0 Å². The van der Waals surface area contributed by atoms with Gasteiger partial charge < -0.3 is 9.84 Å². The van der Waals surface area contributed by atoms with Crippen molar-refractivity contribution in [3.63, 3.8) is 0 Å². The lowest BCUT2D eigenvalue weighted by Crippen LogP contribution is -2.26. The van der Waals surface area contributed by atoms with E-state index in [9.17, 15) is 14.7 Å². The Bertz CT molecular complexity index is 1340. The van der Waals surface area contributed by atoms with Crippen LogP contribution in [0.5, 0.6) is 5.75 Å². The van der Waals surface area contributed by atoms with E-state index in [0.717, 1.165) is 22.5 Å². The number of nitrogens with zero attached hydrogens (tertiary/aromatic N) is 2. The number of aromatic carboxylic acids is 1. The lowest BCUT2D eigenvalue weighted by Gasteiger charge is -2.22. The number of ether oxygens (including phenoxy) is 1. The molecule has 3 aromatic carbocycles. The second-order valence-electron chi connectivity index (χ2n) is 6.84. The van der Waals surface area contributed by atoms with Crippen LogP contribution in [0.1, 0.15) is 20.8 Å². The number of amides is 1. The number of methoxy groups -OCH3 is 1. The highest BCUT2D eigenvalue weighted by atomic mass is 35.5. The van der Waals surface area contributed by atoms with Gasteiger partial charge in [-0.25, -0.2) is 9.78 Å². The maximum absolute atomic E-state index is 13.6. The second-order valence-corrected chi connectivity index (χ2v) is 8.52. The number of carbonyl (C=O) groups excluding carboxylic acids is 1.